The Hall–Kier alpha value is -3.31. The van der Waals surface area contributed by atoms with E-state index in [9.17, 15) is 0 Å². The van der Waals surface area contributed by atoms with Gasteiger partial charge >= 0.3 is 5.13 Å². The molecule has 0 spiro atoms. The van der Waals surface area contributed by atoms with E-state index in [4.69, 9.17) is 9.47 Å². The number of para-hydroxylation sites is 2. The van der Waals surface area contributed by atoms with Gasteiger partial charge < -0.3 is 9.47 Å². The van der Waals surface area contributed by atoms with E-state index < -0.39 is 0 Å². The molecule has 1 aliphatic rings. The fourth-order valence-corrected chi connectivity index (χ4v) is 4.24. The fourth-order valence-electron chi connectivity index (χ4n) is 3.29. The first-order valence-electron chi connectivity index (χ1n) is 9.19. The molecule has 0 atom stereocenters. The van der Waals surface area contributed by atoms with E-state index in [0.29, 0.717) is 13.2 Å². The molecule has 5 rings (SSSR count). The molecule has 0 bridgehead atoms. The Morgan fingerprint density at radius 3 is 2.29 bits per heavy atom. The molecule has 0 radical (unpaired) electrons. The van der Waals surface area contributed by atoms with Gasteiger partial charge in [0.05, 0.1) is 0 Å². The van der Waals surface area contributed by atoms with E-state index in [2.05, 4.69) is 63.8 Å². The summed E-state index contributed by atoms with van der Waals surface area (Å²) in [6.07, 6.45) is 0. The number of thiazole rings is 1. The Kier molecular flexibility index (Phi) is 4.43. The monoisotopic (exact) mass is 387 g/mol. The summed E-state index contributed by atoms with van der Waals surface area (Å²) in [5.41, 5.74) is 4.35. The maximum Gasteiger partial charge on any atom is 0.344 e. The zero-order valence-corrected chi connectivity index (χ0v) is 16.0. The van der Waals surface area contributed by atoms with Crippen LogP contribution in [-0.2, 0) is 0 Å². The van der Waals surface area contributed by atoms with Gasteiger partial charge in [-0.3, -0.25) is 0 Å². The van der Waals surface area contributed by atoms with Gasteiger partial charge in [0.1, 0.15) is 24.6 Å². The van der Waals surface area contributed by atoms with E-state index in [1.54, 1.807) is 11.3 Å². The van der Waals surface area contributed by atoms with Gasteiger partial charge in [0.15, 0.2) is 17.2 Å². The average molecular weight is 387 g/mol. The summed E-state index contributed by atoms with van der Waals surface area (Å²) in [4.78, 5) is 0. The van der Waals surface area contributed by atoms with Crippen molar-refractivity contribution in [2.45, 2.75) is 0 Å². The maximum atomic E-state index is 5.79. The van der Waals surface area contributed by atoms with Crippen molar-refractivity contribution < 1.29 is 14.0 Å². The number of aromatic nitrogens is 1. The second-order valence-corrected chi connectivity index (χ2v) is 7.30. The van der Waals surface area contributed by atoms with Crippen LogP contribution in [0.5, 0.6) is 11.5 Å². The molecule has 0 amide bonds. The smallest absolute Gasteiger partial charge is 0.344 e. The van der Waals surface area contributed by atoms with Crippen LogP contribution in [0.3, 0.4) is 0 Å². The van der Waals surface area contributed by atoms with Crippen LogP contribution in [0.2, 0.25) is 0 Å². The summed E-state index contributed by atoms with van der Waals surface area (Å²) in [6, 6.07) is 26.7. The molecule has 138 valence electrons. The summed E-state index contributed by atoms with van der Waals surface area (Å²) in [5, 5.41) is 6.76. The van der Waals surface area contributed by atoms with Crippen molar-refractivity contribution in [3.05, 3.63) is 84.2 Å². The Morgan fingerprint density at radius 1 is 0.786 bits per heavy atom. The maximum absolute atomic E-state index is 5.79. The normalized spacial score (nSPS) is 12.6. The summed E-state index contributed by atoms with van der Waals surface area (Å²) in [6.45, 7) is 1.18. The molecule has 28 heavy (non-hydrogen) atoms. The van der Waals surface area contributed by atoms with Gasteiger partial charge in [-0.25, -0.2) is 5.32 Å². The van der Waals surface area contributed by atoms with Crippen molar-refractivity contribution in [3.63, 3.8) is 0 Å². The minimum atomic E-state index is 0.583. The van der Waals surface area contributed by atoms with Crippen molar-refractivity contribution in [2.24, 2.45) is 0 Å². The molecule has 0 fully saturated rings. The highest BCUT2D eigenvalue weighted by atomic mass is 32.1. The Bertz CT molecular complexity index is 1090. The van der Waals surface area contributed by atoms with Crippen LogP contribution in [0.4, 0.5) is 10.8 Å². The predicted molar refractivity (Wildman–Crippen MR) is 112 cm³/mol. The molecule has 0 saturated carbocycles. The lowest BCUT2D eigenvalue weighted by atomic mass is 10.1. The van der Waals surface area contributed by atoms with Crippen LogP contribution >= 0.6 is 11.3 Å². The molecule has 4 nitrogen and oxygen atoms in total. The number of ether oxygens (including phenoxy) is 2. The van der Waals surface area contributed by atoms with Crippen LogP contribution in [0, 0.1) is 0 Å². The summed E-state index contributed by atoms with van der Waals surface area (Å²) >= 11 is 1.68. The summed E-state index contributed by atoms with van der Waals surface area (Å²) < 4.78 is 13.7. The molecule has 5 heteroatoms. The third kappa shape index (κ3) is 3.21. The highest BCUT2D eigenvalue weighted by Gasteiger charge is 2.23. The molecule has 1 aromatic heterocycles. The van der Waals surface area contributed by atoms with Crippen molar-refractivity contribution in [3.8, 4) is 28.4 Å². The van der Waals surface area contributed by atoms with Crippen LogP contribution < -0.4 is 19.4 Å². The average Bonchev–Trinajstić information content (AvgIpc) is 3.18. The molecule has 3 aromatic carbocycles. The SMILES string of the molecule is c1ccc(Nc2scc(-c3ccc4c(c3)OCCO4)[n+]2-c2ccccc2)cc1. The molecule has 0 aliphatic carbocycles. The quantitative estimate of drug-likeness (QED) is 0.488. The van der Waals surface area contributed by atoms with E-state index in [1.165, 1.54) is 0 Å². The first kappa shape index (κ1) is 16.8. The second kappa shape index (κ2) is 7.37. The Balaban J connectivity index is 1.62. The molecule has 0 unspecified atom stereocenters. The topological polar surface area (TPSA) is 34.4 Å². The molecular weight excluding hydrogens is 368 g/mol. The zero-order chi connectivity index (χ0) is 18.8. The summed E-state index contributed by atoms with van der Waals surface area (Å²) in [5.74, 6) is 1.60. The molecule has 4 aromatic rings. The standard InChI is InChI=1S/C23H18N2O2S/c1-3-7-18(8-4-1)24-23-25(19-9-5-2-6-10-19)20(16-28-23)17-11-12-21-22(15-17)27-14-13-26-21/h1-12,15-16H,13-14H2/p+1. The lowest BCUT2D eigenvalue weighted by molar-refractivity contribution is -0.563. The Morgan fingerprint density at radius 2 is 1.50 bits per heavy atom. The predicted octanol–water partition coefficient (Wildman–Crippen LogP) is 5.21. The molecule has 0 saturated heterocycles. The van der Waals surface area contributed by atoms with Gasteiger partial charge in [-0.05, 0) is 42.5 Å². The largest absolute Gasteiger partial charge is 0.486 e. The number of hydrogen-bond donors (Lipinski definition) is 1. The summed E-state index contributed by atoms with van der Waals surface area (Å²) in [7, 11) is 0. The third-order valence-corrected chi connectivity index (χ3v) is 5.45. The van der Waals surface area contributed by atoms with Crippen LogP contribution in [0.25, 0.3) is 16.9 Å². The number of hydrogen-bond acceptors (Lipinski definition) is 4. The number of fused-ring (bicyclic) bond motifs is 1. The van der Waals surface area contributed by atoms with Crippen LogP contribution in [0.1, 0.15) is 0 Å². The molecule has 1 aliphatic heterocycles. The third-order valence-electron chi connectivity index (χ3n) is 4.60. The molecule has 2 heterocycles. The minimum absolute atomic E-state index is 0.583. The Labute approximate surface area is 167 Å². The van der Waals surface area contributed by atoms with Crippen molar-refractivity contribution in [1.82, 2.24) is 0 Å². The lowest BCUT2D eigenvalue weighted by Crippen LogP contribution is -2.33. The minimum Gasteiger partial charge on any atom is -0.486 e. The number of anilines is 2. The number of benzene rings is 3. The molecular formula is C23H19N2O2S+. The lowest BCUT2D eigenvalue weighted by Gasteiger charge is -2.18. The second-order valence-electron chi connectivity index (χ2n) is 6.45. The highest BCUT2D eigenvalue weighted by molar-refractivity contribution is 7.13. The van der Waals surface area contributed by atoms with Gasteiger partial charge in [-0.1, -0.05) is 47.7 Å². The van der Waals surface area contributed by atoms with Crippen molar-refractivity contribution in [1.29, 1.82) is 0 Å². The van der Waals surface area contributed by atoms with Gasteiger partial charge in [-0.2, -0.15) is 4.57 Å². The van der Waals surface area contributed by atoms with Gasteiger partial charge in [0, 0.05) is 10.9 Å². The van der Waals surface area contributed by atoms with Gasteiger partial charge in [0.25, 0.3) is 0 Å². The van der Waals surface area contributed by atoms with Crippen LogP contribution in [0.15, 0.2) is 84.2 Å². The van der Waals surface area contributed by atoms with Gasteiger partial charge in [-0.15, -0.1) is 0 Å². The fraction of sp³-hybridized carbons (Fsp3) is 0.0870. The van der Waals surface area contributed by atoms with E-state index in [0.717, 1.165) is 39.3 Å². The first-order chi connectivity index (χ1) is 13.9. The van der Waals surface area contributed by atoms with E-state index in [1.807, 2.05) is 30.3 Å². The first-order valence-corrected chi connectivity index (χ1v) is 10.1. The van der Waals surface area contributed by atoms with Crippen LogP contribution in [-0.4, -0.2) is 13.2 Å². The number of nitrogens with zero attached hydrogens (tertiary/aromatic N) is 1. The van der Waals surface area contributed by atoms with E-state index in [-0.39, 0.29) is 0 Å². The van der Waals surface area contributed by atoms with Crippen molar-refractivity contribution in [2.75, 3.05) is 18.5 Å². The molecule has 1 N–H and O–H groups in total. The van der Waals surface area contributed by atoms with Gasteiger partial charge in [0.2, 0.25) is 0 Å². The highest BCUT2D eigenvalue weighted by Crippen LogP contribution is 2.35. The number of rotatable bonds is 4. The van der Waals surface area contributed by atoms with E-state index >= 15 is 0 Å². The number of nitrogens with one attached hydrogen (secondary N) is 1. The zero-order valence-electron chi connectivity index (χ0n) is 15.2. The van der Waals surface area contributed by atoms with Crippen molar-refractivity contribution >= 4 is 22.2 Å².